The van der Waals surface area contributed by atoms with Gasteiger partial charge in [-0.05, 0) is 55.8 Å². The number of ether oxygens (including phenoxy) is 1. The molecule has 0 atom stereocenters. The molecule has 0 radical (unpaired) electrons. The Labute approximate surface area is 162 Å². The summed E-state index contributed by atoms with van der Waals surface area (Å²) in [5.41, 5.74) is 1.77. The Kier molecular flexibility index (Phi) is 6.16. The van der Waals surface area contributed by atoms with E-state index in [0.29, 0.717) is 18.1 Å². The van der Waals surface area contributed by atoms with E-state index in [9.17, 15) is 9.18 Å². The summed E-state index contributed by atoms with van der Waals surface area (Å²) in [7, 11) is 0. The average molecular weight is 380 g/mol. The zero-order valence-electron chi connectivity index (χ0n) is 15.6. The molecule has 0 saturated heterocycles. The second-order valence-corrected chi connectivity index (χ2v) is 6.41. The third kappa shape index (κ3) is 5.51. The summed E-state index contributed by atoms with van der Waals surface area (Å²) in [6.45, 7) is 4.36. The summed E-state index contributed by atoms with van der Waals surface area (Å²) in [5.74, 6) is 0.616. The highest BCUT2D eigenvalue weighted by Crippen LogP contribution is 2.18. The van der Waals surface area contributed by atoms with Crippen molar-refractivity contribution in [1.82, 2.24) is 9.97 Å². The van der Waals surface area contributed by atoms with Crippen molar-refractivity contribution < 1.29 is 13.9 Å². The summed E-state index contributed by atoms with van der Waals surface area (Å²) in [6.07, 6.45) is 1.41. The SMILES string of the molecule is CC(C)Oc1ccc(NC(=O)c2cc(NCc3ccc(F)cc3)ncn2)cc1. The number of carbonyl (C=O) groups excluding carboxylic acids is 1. The number of hydrogen-bond acceptors (Lipinski definition) is 5. The third-order valence-electron chi connectivity index (χ3n) is 3.77. The number of carbonyl (C=O) groups is 1. The number of halogens is 1. The van der Waals surface area contributed by atoms with Crippen LogP contribution in [-0.2, 0) is 6.54 Å². The van der Waals surface area contributed by atoms with Gasteiger partial charge in [0, 0.05) is 18.3 Å². The van der Waals surface area contributed by atoms with Crippen LogP contribution in [0.4, 0.5) is 15.9 Å². The first kappa shape index (κ1) is 19.3. The highest BCUT2D eigenvalue weighted by molar-refractivity contribution is 6.03. The van der Waals surface area contributed by atoms with Crippen LogP contribution in [0.5, 0.6) is 5.75 Å². The second kappa shape index (κ2) is 8.94. The third-order valence-corrected chi connectivity index (χ3v) is 3.77. The van der Waals surface area contributed by atoms with Crippen molar-refractivity contribution >= 4 is 17.4 Å². The van der Waals surface area contributed by atoms with E-state index in [-0.39, 0.29) is 23.5 Å². The molecule has 0 bridgehead atoms. The number of amides is 1. The van der Waals surface area contributed by atoms with Crippen LogP contribution >= 0.6 is 0 Å². The van der Waals surface area contributed by atoms with Gasteiger partial charge in [0.25, 0.3) is 5.91 Å². The van der Waals surface area contributed by atoms with Crippen molar-refractivity contribution in [1.29, 1.82) is 0 Å². The molecule has 2 N–H and O–H groups in total. The lowest BCUT2D eigenvalue weighted by atomic mass is 10.2. The fourth-order valence-corrected chi connectivity index (χ4v) is 2.46. The maximum atomic E-state index is 13.0. The molecule has 0 aliphatic heterocycles. The maximum Gasteiger partial charge on any atom is 0.274 e. The van der Waals surface area contributed by atoms with Crippen LogP contribution < -0.4 is 15.4 Å². The largest absolute Gasteiger partial charge is 0.491 e. The van der Waals surface area contributed by atoms with E-state index in [1.807, 2.05) is 13.8 Å². The molecule has 0 spiro atoms. The van der Waals surface area contributed by atoms with Crippen molar-refractivity contribution in [2.75, 3.05) is 10.6 Å². The maximum absolute atomic E-state index is 13.0. The molecule has 0 fully saturated rings. The molecule has 0 aliphatic carbocycles. The molecular weight excluding hydrogens is 359 g/mol. The summed E-state index contributed by atoms with van der Waals surface area (Å²) in [6, 6.07) is 14.9. The van der Waals surface area contributed by atoms with E-state index < -0.39 is 0 Å². The molecule has 3 aromatic rings. The van der Waals surface area contributed by atoms with Crippen LogP contribution in [-0.4, -0.2) is 22.0 Å². The Bertz CT molecular complexity index is 928. The van der Waals surface area contributed by atoms with Crippen LogP contribution in [0.2, 0.25) is 0 Å². The lowest BCUT2D eigenvalue weighted by molar-refractivity contribution is 0.102. The van der Waals surface area contributed by atoms with Gasteiger partial charge >= 0.3 is 0 Å². The van der Waals surface area contributed by atoms with E-state index in [4.69, 9.17) is 4.74 Å². The lowest BCUT2D eigenvalue weighted by Gasteiger charge is -2.11. The molecular formula is C21H21FN4O2. The topological polar surface area (TPSA) is 76.1 Å². The van der Waals surface area contributed by atoms with Gasteiger partial charge in [-0.2, -0.15) is 0 Å². The predicted molar refractivity (Wildman–Crippen MR) is 106 cm³/mol. The molecule has 0 unspecified atom stereocenters. The van der Waals surface area contributed by atoms with Crippen LogP contribution in [0, 0.1) is 5.82 Å². The molecule has 6 nitrogen and oxygen atoms in total. The first-order valence-corrected chi connectivity index (χ1v) is 8.88. The Morgan fingerprint density at radius 1 is 1.07 bits per heavy atom. The standard InChI is InChI=1S/C21H21FN4O2/c1-14(2)28-18-9-7-17(8-10-18)26-21(27)19-11-20(25-13-24-19)23-12-15-3-5-16(22)6-4-15/h3-11,13-14H,12H2,1-2H3,(H,26,27)(H,23,24,25). The van der Waals surface area contributed by atoms with Gasteiger partial charge in [0.1, 0.15) is 29.4 Å². The molecule has 1 heterocycles. The minimum absolute atomic E-state index is 0.0855. The van der Waals surface area contributed by atoms with Crippen molar-refractivity contribution in [3.63, 3.8) is 0 Å². The minimum Gasteiger partial charge on any atom is -0.491 e. The Morgan fingerprint density at radius 3 is 2.46 bits per heavy atom. The number of rotatable bonds is 7. The number of aromatic nitrogens is 2. The Hall–Kier alpha value is -3.48. The number of anilines is 2. The van der Waals surface area contributed by atoms with Gasteiger partial charge < -0.3 is 15.4 Å². The summed E-state index contributed by atoms with van der Waals surface area (Å²) in [4.78, 5) is 20.6. The monoisotopic (exact) mass is 380 g/mol. The van der Waals surface area contributed by atoms with E-state index >= 15 is 0 Å². The predicted octanol–water partition coefficient (Wildman–Crippen LogP) is 4.27. The van der Waals surface area contributed by atoms with Crippen LogP contribution in [0.1, 0.15) is 29.9 Å². The van der Waals surface area contributed by atoms with Crippen molar-refractivity contribution in [3.05, 3.63) is 78.0 Å². The molecule has 3 rings (SSSR count). The number of nitrogens with zero attached hydrogens (tertiary/aromatic N) is 2. The summed E-state index contributed by atoms with van der Waals surface area (Å²) in [5, 5.41) is 5.89. The molecule has 0 aliphatic rings. The molecule has 28 heavy (non-hydrogen) atoms. The fourth-order valence-electron chi connectivity index (χ4n) is 2.46. The van der Waals surface area contributed by atoms with Gasteiger partial charge in [0.15, 0.2) is 0 Å². The van der Waals surface area contributed by atoms with E-state index in [1.54, 1.807) is 42.5 Å². The van der Waals surface area contributed by atoms with E-state index in [0.717, 1.165) is 11.3 Å². The van der Waals surface area contributed by atoms with E-state index in [2.05, 4.69) is 20.6 Å². The Morgan fingerprint density at radius 2 is 1.79 bits per heavy atom. The smallest absolute Gasteiger partial charge is 0.274 e. The molecule has 1 aromatic heterocycles. The molecule has 144 valence electrons. The first-order chi connectivity index (χ1) is 13.5. The lowest BCUT2D eigenvalue weighted by Crippen LogP contribution is -2.14. The number of hydrogen-bond donors (Lipinski definition) is 2. The Balaban J connectivity index is 1.60. The normalized spacial score (nSPS) is 10.6. The molecule has 2 aromatic carbocycles. The zero-order valence-corrected chi connectivity index (χ0v) is 15.6. The number of benzene rings is 2. The van der Waals surface area contributed by atoms with Crippen LogP contribution in [0.25, 0.3) is 0 Å². The van der Waals surface area contributed by atoms with E-state index in [1.165, 1.54) is 18.5 Å². The minimum atomic E-state index is -0.343. The number of nitrogens with one attached hydrogen (secondary N) is 2. The van der Waals surface area contributed by atoms with Gasteiger partial charge in [-0.1, -0.05) is 12.1 Å². The fraction of sp³-hybridized carbons (Fsp3) is 0.190. The van der Waals surface area contributed by atoms with Crippen LogP contribution in [0.15, 0.2) is 60.9 Å². The first-order valence-electron chi connectivity index (χ1n) is 8.88. The average Bonchev–Trinajstić information content (AvgIpc) is 2.69. The van der Waals surface area contributed by atoms with Gasteiger partial charge in [-0.3, -0.25) is 4.79 Å². The van der Waals surface area contributed by atoms with Gasteiger partial charge in [0.2, 0.25) is 0 Å². The molecule has 7 heteroatoms. The second-order valence-electron chi connectivity index (χ2n) is 6.41. The van der Waals surface area contributed by atoms with Crippen molar-refractivity contribution in [3.8, 4) is 5.75 Å². The summed E-state index contributed by atoms with van der Waals surface area (Å²) < 4.78 is 18.5. The highest BCUT2D eigenvalue weighted by Gasteiger charge is 2.10. The van der Waals surface area contributed by atoms with Crippen LogP contribution in [0.3, 0.4) is 0 Å². The quantitative estimate of drug-likeness (QED) is 0.640. The highest BCUT2D eigenvalue weighted by atomic mass is 19.1. The summed E-state index contributed by atoms with van der Waals surface area (Å²) >= 11 is 0. The zero-order chi connectivity index (χ0) is 19.9. The van der Waals surface area contributed by atoms with Crippen molar-refractivity contribution in [2.45, 2.75) is 26.5 Å². The van der Waals surface area contributed by atoms with Gasteiger partial charge in [0.05, 0.1) is 6.10 Å². The molecule has 1 amide bonds. The van der Waals surface area contributed by atoms with Gasteiger partial charge in [-0.25, -0.2) is 14.4 Å². The molecule has 0 saturated carbocycles. The van der Waals surface area contributed by atoms with Crippen molar-refractivity contribution in [2.24, 2.45) is 0 Å². The van der Waals surface area contributed by atoms with Gasteiger partial charge in [-0.15, -0.1) is 0 Å².